The van der Waals surface area contributed by atoms with Crippen LogP contribution in [0.3, 0.4) is 0 Å². The molecule has 1 unspecified atom stereocenters. The highest BCUT2D eigenvalue weighted by Crippen LogP contribution is 1.98. The lowest BCUT2D eigenvalue weighted by atomic mass is 9.98. The van der Waals surface area contributed by atoms with Gasteiger partial charge in [-0.2, -0.15) is 0 Å². The third kappa shape index (κ3) is 4.52. The van der Waals surface area contributed by atoms with E-state index in [1.54, 1.807) is 0 Å². The van der Waals surface area contributed by atoms with Crippen LogP contribution in [-0.2, 0) is 14.3 Å². The van der Waals surface area contributed by atoms with E-state index in [1.807, 2.05) is 6.92 Å². The van der Waals surface area contributed by atoms with E-state index in [1.165, 1.54) is 7.11 Å². The number of Topliss-reactive ketones (excluding diaryl/α,β-unsaturated/α-hetero) is 1. The SMILES string of the molecule is [B]CC(=O)C(COC)OCCC. The summed E-state index contributed by atoms with van der Waals surface area (Å²) in [5.41, 5.74) is 0. The molecule has 0 aromatic carbocycles. The zero-order valence-electron chi connectivity index (χ0n) is 7.71. The highest BCUT2D eigenvalue weighted by molar-refractivity contribution is 6.21. The van der Waals surface area contributed by atoms with Crippen molar-refractivity contribution in [3.05, 3.63) is 0 Å². The van der Waals surface area contributed by atoms with E-state index in [0.29, 0.717) is 6.61 Å². The lowest BCUT2D eigenvalue weighted by molar-refractivity contribution is -0.131. The van der Waals surface area contributed by atoms with Crippen LogP contribution in [0.2, 0.25) is 6.32 Å². The Balaban J connectivity index is 3.76. The summed E-state index contributed by atoms with van der Waals surface area (Å²) in [4.78, 5) is 11.1. The van der Waals surface area contributed by atoms with Crippen molar-refractivity contribution in [2.75, 3.05) is 20.3 Å². The van der Waals surface area contributed by atoms with Crippen LogP contribution in [0.15, 0.2) is 0 Å². The lowest BCUT2D eigenvalue weighted by Crippen LogP contribution is -2.29. The number of carbonyl (C=O) groups is 1. The third-order valence-electron chi connectivity index (χ3n) is 1.40. The first-order chi connectivity index (χ1) is 5.76. The number of hydrogen-bond acceptors (Lipinski definition) is 3. The van der Waals surface area contributed by atoms with Gasteiger partial charge in [0, 0.05) is 13.7 Å². The molecule has 0 rings (SSSR count). The quantitative estimate of drug-likeness (QED) is 0.524. The van der Waals surface area contributed by atoms with E-state index in [2.05, 4.69) is 0 Å². The summed E-state index contributed by atoms with van der Waals surface area (Å²) >= 11 is 0. The van der Waals surface area contributed by atoms with Crippen LogP contribution in [-0.4, -0.2) is 40.1 Å². The van der Waals surface area contributed by atoms with Crippen LogP contribution in [0, 0.1) is 0 Å². The molecule has 12 heavy (non-hydrogen) atoms. The standard InChI is InChI=1S/C8H15BO3/c1-3-4-12-8(6-11-2)7(10)5-9/h8H,3-6H2,1-2H3. The van der Waals surface area contributed by atoms with Crippen LogP contribution in [0.25, 0.3) is 0 Å². The van der Waals surface area contributed by atoms with Gasteiger partial charge >= 0.3 is 0 Å². The highest BCUT2D eigenvalue weighted by Gasteiger charge is 2.15. The van der Waals surface area contributed by atoms with Gasteiger partial charge in [-0.15, -0.1) is 0 Å². The second kappa shape index (κ2) is 7.31. The molecule has 68 valence electrons. The summed E-state index contributed by atoms with van der Waals surface area (Å²) in [6.07, 6.45) is 0.412. The predicted molar refractivity (Wildman–Crippen MR) is 47.5 cm³/mol. The molecule has 2 radical (unpaired) electrons. The average molecular weight is 170 g/mol. The molecule has 4 heteroatoms. The van der Waals surface area contributed by atoms with Crippen molar-refractivity contribution in [3.8, 4) is 0 Å². The number of ketones is 1. The molecule has 0 aliphatic heterocycles. The Morgan fingerprint density at radius 2 is 2.25 bits per heavy atom. The van der Waals surface area contributed by atoms with Crippen molar-refractivity contribution in [3.63, 3.8) is 0 Å². The number of methoxy groups -OCH3 is 1. The number of carbonyl (C=O) groups excluding carboxylic acids is 1. The highest BCUT2D eigenvalue weighted by atomic mass is 16.5. The van der Waals surface area contributed by atoms with Gasteiger partial charge < -0.3 is 9.47 Å². The molecule has 0 aliphatic rings. The van der Waals surface area contributed by atoms with Crippen molar-refractivity contribution in [2.45, 2.75) is 25.8 Å². The van der Waals surface area contributed by atoms with Crippen LogP contribution in [0.5, 0.6) is 0 Å². The van der Waals surface area contributed by atoms with Crippen molar-refractivity contribution in [1.82, 2.24) is 0 Å². The van der Waals surface area contributed by atoms with Crippen molar-refractivity contribution < 1.29 is 14.3 Å². The minimum absolute atomic E-state index is 0.0116. The van der Waals surface area contributed by atoms with Crippen LogP contribution < -0.4 is 0 Å². The van der Waals surface area contributed by atoms with E-state index in [4.69, 9.17) is 17.3 Å². The second-order valence-corrected chi connectivity index (χ2v) is 2.49. The molecule has 0 aromatic rings. The largest absolute Gasteiger partial charge is 0.382 e. The molecule has 0 aromatic heterocycles. The number of rotatable bonds is 7. The molecule has 0 bridgehead atoms. The minimum atomic E-state index is -0.486. The Labute approximate surface area is 74.8 Å². The van der Waals surface area contributed by atoms with Gasteiger partial charge in [-0.3, -0.25) is 4.79 Å². The third-order valence-corrected chi connectivity index (χ3v) is 1.40. The number of hydrogen-bond donors (Lipinski definition) is 0. The first-order valence-electron chi connectivity index (χ1n) is 4.09. The maximum atomic E-state index is 11.1. The summed E-state index contributed by atoms with van der Waals surface area (Å²) in [5, 5.41) is 0. The van der Waals surface area contributed by atoms with Crippen molar-refractivity contribution >= 4 is 13.6 Å². The first kappa shape index (κ1) is 11.7. The fourth-order valence-corrected chi connectivity index (χ4v) is 0.777. The normalized spacial score (nSPS) is 12.8. The van der Waals surface area contributed by atoms with Gasteiger partial charge in [0.15, 0.2) is 5.78 Å². The molecule has 0 saturated carbocycles. The van der Waals surface area contributed by atoms with Crippen LogP contribution in [0.1, 0.15) is 13.3 Å². The van der Waals surface area contributed by atoms with Gasteiger partial charge in [0.1, 0.15) is 6.10 Å². The Kier molecular flexibility index (Phi) is 7.10. The molecule has 0 spiro atoms. The van der Waals surface area contributed by atoms with Gasteiger partial charge in [0.25, 0.3) is 0 Å². The average Bonchev–Trinajstić information content (AvgIpc) is 2.11. The second-order valence-electron chi connectivity index (χ2n) is 2.49. The molecule has 0 aliphatic carbocycles. The maximum Gasteiger partial charge on any atom is 0.155 e. The first-order valence-corrected chi connectivity index (χ1v) is 4.09. The maximum absolute atomic E-state index is 11.1. The fraction of sp³-hybridized carbons (Fsp3) is 0.875. The zero-order chi connectivity index (χ0) is 9.40. The van der Waals surface area contributed by atoms with E-state index in [9.17, 15) is 4.79 Å². The fourth-order valence-electron chi connectivity index (χ4n) is 0.777. The van der Waals surface area contributed by atoms with Crippen molar-refractivity contribution in [2.24, 2.45) is 0 Å². The summed E-state index contributed by atoms with van der Waals surface area (Å²) in [7, 11) is 6.72. The Morgan fingerprint density at radius 3 is 2.67 bits per heavy atom. The number of ether oxygens (including phenoxy) is 2. The van der Waals surface area contributed by atoms with E-state index in [0.717, 1.165) is 6.42 Å². The zero-order valence-corrected chi connectivity index (χ0v) is 7.71. The molecule has 1 atom stereocenters. The van der Waals surface area contributed by atoms with Gasteiger partial charge in [0.2, 0.25) is 0 Å². The topological polar surface area (TPSA) is 35.5 Å². The lowest BCUT2D eigenvalue weighted by Gasteiger charge is -2.14. The van der Waals surface area contributed by atoms with E-state index < -0.39 is 6.10 Å². The molecular weight excluding hydrogens is 155 g/mol. The Morgan fingerprint density at radius 1 is 1.58 bits per heavy atom. The molecule has 3 nitrogen and oxygen atoms in total. The van der Waals surface area contributed by atoms with Gasteiger partial charge in [-0.25, -0.2) is 0 Å². The molecule has 0 heterocycles. The molecule has 0 N–H and O–H groups in total. The van der Waals surface area contributed by atoms with Crippen molar-refractivity contribution in [1.29, 1.82) is 0 Å². The van der Waals surface area contributed by atoms with Gasteiger partial charge in [-0.1, -0.05) is 6.92 Å². The summed E-state index contributed by atoms with van der Waals surface area (Å²) in [6.45, 7) is 2.84. The molecular formula is C8H15BO3. The molecule has 0 saturated heterocycles. The molecule has 0 amide bonds. The predicted octanol–water partition coefficient (Wildman–Crippen LogP) is 0.584. The van der Waals surface area contributed by atoms with Gasteiger partial charge in [0.05, 0.1) is 14.5 Å². The van der Waals surface area contributed by atoms with Gasteiger partial charge in [-0.05, 0) is 12.7 Å². The minimum Gasteiger partial charge on any atom is -0.382 e. The van der Waals surface area contributed by atoms with Crippen LogP contribution in [0.4, 0.5) is 0 Å². The van der Waals surface area contributed by atoms with E-state index in [-0.39, 0.29) is 18.7 Å². The smallest absolute Gasteiger partial charge is 0.155 e. The summed E-state index contributed by atoms with van der Waals surface area (Å²) in [6, 6.07) is 0. The monoisotopic (exact) mass is 170 g/mol. The Hall–Kier alpha value is -0.345. The van der Waals surface area contributed by atoms with Crippen LogP contribution >= 0.6 is 0 Å². The van der Waals surface area contributed by atoms with E-state index >= 15 is 0 Å². The Bertz CT molecular complexity index is 127. The summed E-state index contributed by atoms with van der Waals surface area (Å²) in [5.74, 6) is -0.106. The summed E-state index contributed by atoms with van der Waals surface area (Å²) < 4.78 is 10.1. The molecule has 0 fully saturated rings.